The summed E-state index contributed by atoms with van der Waals surface area (Å²) in [7, 11) is 2.46. The molecule has 3 rings (SSSR count). The molecule has 168 valence electrons. The fourth-order valence-corrected chi connectivity index (χ4v) is 3.01. The van der Waals surface area contributed by atoms with E-state index in [9.17, 15) is 30.4 Å². The molecule has 12 nitrogen and oxygen atoms in total. The number of aromatic hydroxyl groups is 1. The number of aromatic nitrogens is 2. The van der Waals surface area contributed by atoms with Crippen molar-refractivity contribution < 1.29 is 29.2 Å². The fraction of sp³-hybridized carbons (Fsp3) is 0.143. The second-order valence-corrected chi connectivity index (χ2v) is 6.68. The van der Waals surface area contributed by atoms with Crippen molar-refractivity contribution in [3.05, 3.63) is 63.3 Å². The molecule has 0 aliphatic rings. The van der Waals surface area contributed by atoms with E-state index in [0.717, 1.165) is 24.1 Å². The smallest absolute Gasteiger partial charge is 0.315 e. The summed E-state index contributed by atoms with van der Waals surface area (Å²) in [6.45, 7) is 1.64. The lowest BCUT2D eigenvalue weighted by Crippen LogP contribution is -2.28. The van der Waals surface area contributed by atoms with Crippen LogP contribution in [0.3, 0.4) is 0 Å². The van der Waals surface area contributed by atoms with E-state index in [1.54, 1.807) is 37.4 Å². The van der Waals surface area contributed by atoms with Crippen LogP contribution < -0.4 is 9.64 Å². The first-order valence-electron chi connectivity index (χ1n) is 9.26. The largest absolute Gasteiger partial charge is 0.506 e. The average Bonchev–Trinajstić information content (AvgIpc) is 3.20. The fourth-order valence-electron chi connectivity index (χ4n) is 3.01. The zero-order valence-electron chi connectivity index (χ0n) is 17.6. The molecule has 0 fully saturated rings. The average molecular weight is 451 g/mol. The predicted molar refractivity (Wildman–Crippen MR) is 114 cm³/mol. The van der Waals surface area contributed by atoms with Crippen molar-refractivity contribution >= 4 is 23.2 Å². The van der Waals surface area contributed by atoms with E-state index in [4.69, 9.17) is 9.26 Å². The third kappa shape index (κ3) is 4.15. The monoisotopic (exact) mass is 451 g/mol. The van der Waals surface area contributed by atoms with Gasteiger partial charge in [-0.2, -0.15) is 5.26 Å². The summed E-state index contributed by atoms with van der Waals surface area (Å²) < 4.78 is 10.2. The van der Waals surface area contributed by atoms with Crippen LogP contribution in [0.5, 0.6) is 11.5 Å². The molecule has 0 unspecified atom stereocenters. The van der Waals surface area contributed by atoms with E-state index < -0.39 is 33.6 Å². The Kier molecular flexibility index (Phi) is 6.25. The van der Waals surface area contributed by atoms with Crippen molar-refractivity contribution in [1.82, 2.24) is 10.1 Å². The zero-order valence-corrected chi connectivity index (χ0v) is 17.6. The normalized spacial score (nSPS) is 11.3. The van der Waals surface area contributed by atoms with Gasteiger partial charge >= 0.3 is 5.69 Å². The van der Waals surface area contributed by atoms with E-state index in [1.807, 2.05) is 0 Å². The van der Waals surface area contributed by atoms with Crippen LogP contribution in [-0.4, -0.2) is 45.3 Å². The highest BCUT2D eigenvalue weighted by Crippen LogP contribution is 2.39. The highest BCUT2D eigenvalue weighted by molar-refractivity contribution is 6.12. The van der Waals surface area contributed by atoms with Gasteiger partial charge in [-0.05, 0) is 25.1 Å². The minimum absolute atomic E-state index is 0.00969. The number of likely N-dealkylation sites (N-methyl/N-ethyl adjacent to an activating group) is 1. The molecule has 3 aromatic rings. The summed E-state index contributed by atoms with van der Waals surface area (Å²) >= 11 is 0. The van der Waals surface area contributed by atoms with Crippen molar-refractivity contribution in [3.63, 3.8) is 0 Å². The van der Waals surface area contributed by atoms with Crippen LogP contribution in [0, 0.1) is 28.4 Å². The van der Waals surface area contributed by atoms with Crippen molar-refractivity contribution in [2.45, 2.75) is 6.92 Å². The van der Waals surface area contributed by atoms with Gasteiger partial charge in [0.25, 0.3) is 5.91 Å². The number of nitrogens with zero attached hydrogens (tertiary/aromatic N) is 5. The molecule has 0 radical (unpaired) electrons. The topological polar surface area (TPSA) is 176 Å². The third-order valence-electron chi connectivity index (χ3n) is 4.72. The molecule has 1 aromatic carbocycles. The van der Waals surface area contributed by atoms with Gasteiger partial charge in [0.05, 0.1) is 17.7 Å². The molecule has 33 heavy (non-hydrogen) atoms. The van der Waals surface area contributed by atoms with Gasteiger partial charge in [-0.25, -0.2) is 0 Å². The number of benzene rings is 1. The SMILES string of the molecule is COc1cc(/C(O)=C(\C#N)C(=O)N(C)c2onc(-c3ccccn3)c2C)cc([N+](=O)[O-])c1O. The molecule has 1 amide bonds. The van der Waals surface area contributed by atoms with Gasteiger partial charge in [-0.1, -0.05) is 11.2 Å². The van der Waals surface area contributed by atoms with Gasteiger partial charge in [-0.15, -0.1) is 0 Å². The van der Waals surface area contributed by atoms with Crippen LogP contribution in [0.1, 0.15) is 11.1 Å². The number of carbonyl (C=O) groups is 1. The quantitative estimate of drug-likeness (QED) is 0.186. The highest BCUT2D eigenvalue weighted by atomic mass is 16.6. The Bertz CT molecular complexity index is 1310. The Balaban J connectivity index is 2.04. The van der Waals surface area contributed by atoms with Gasteiger partial charge in [0, 0.05) is 30.4 Å². The summed E-state index contributed by atoms with van der Waals surface area (Å²) in [5.41, 5.74) is -0.430. The number of nitro benzene ring substituents is 1. The maximum Gasteiger partial charge on any atom is 0.315 e. The molecule has 0 spiro atoms. The van der Waals surface area contributed by atoms with Crippen molar-refractivity contribution in [1.29, 1.82) is 5.26 Å². The van der Waals surface area contributed by atoms with Crippen LogP contribution >= 0.6 is 0 Å². The van der Waals surface area contributed by atoms with Crippen LogP contribution in [-0.2, 0) is 4.79 Å². The second kappa shape index (κ2) is 9.06. The molecular formula is C21H17N5O7. The van der Waals surface area contributed by atoms with E-state index in [1.165, 1.54) is 7.05 Å². The maximum absolute atomic E-state index is 13.0. The lowest BCUT2D eigenvalue weighted by Gasteiger charge is -2.15. The molecule has 2 heterocycles. The Morgan fingerprint density at radius 3 is 2.67 bits per heavy atom. The number of carbonyl (C=O) groups excluding carboxylic acids is 1. The predicted octanol–water partition coefficient (Wildman–Crippen LogP) is 3.12. The zero-order chi connectivity index (χ0) is 24.3. The lowest BCUT2D eigenvalue weighted by molar-refractivity contribution is -0.386. The number of nitriles is 1. The Hall–Kier alpha value is -4.92. The number of amides is 1. The molecule has 12 heteroatoms. The van der Waals surface area contributed by atoms with Gasteiger partial charge in [-0.3, -0.25) is 24.8 Å². The maximum atomic E-state index is 13.0. The van der Waals surface area contributed by atoms with Gasteiger partial charge in [0.15, 0.2) is 11.3 Å². The van der Waals surface area contributed by atoms with E-state index in [0.29, 0.717) is 17.0 Å². The van der Waals surface area contributed by atoms with E-state index >= 15 is 0 Å². The first-order chi connectivity index (χ1) is 15.7. The standard InChI is InChI=1S/C21H17N5O7/c1-11-17(14-6-4-5-7-23-14)24-33-21(11)25(2)20(29)13(10-22)18(27)12-8-15(26(30)31)19(28)16(9-12)32-3/h4-9,27-28H,1-3H3/b18-13-. The lowest BCUT2D eigenvalue weighted by atomic mass is 10.1. The van der Waals surface area contributed by atoms with Gasteiger partial charge < -0.3 is 19.5 Å². The second-order valence-electron chi connectivity index (χ2n) is 6.68. The molecule has 0 atom stereocenters. The Morgan fingerprint density at radius 2 is 2.09 bits per heavy atom. The number of aliphatic hydroxyl groups excluding tert-OH is 1. The number of nitro groups is 1. The van der Waals surface area contributed by atoms with Crippen LogP contribution in [0.2, 0.25) is 0 Å². The summed E-state index contributed by atoms with van der Waals surface area (Å²) in [6.07, 6.45) is 1.57. The van der Waals surface area contributed by atoms with E-state index in [-0.39, 0.29) is 17.2 Å². The number of aliphatic hydroxyl groups is 1. The number of anilines is 1. The minimum atomic E-state index is -0.962. The van der Waals surface area contributed by atoms with Crippen LogP contribution in [0.15, 0.2) is 46.6 Å². The summed E-state index contributed by atoms with van der Waals surface area (Å²) in [4.78, 5) is 28.5. The van der Waals surface area contributed by atoms with Crippen molar-refractivity contribution in [2.24, 2.45) is 0 Å². The number of phenolic OH excluding ortho intramolecular Hbond substituents is 1. The van der Waals surface area contributed by atoms with E-state index in [2.05, 4.69) is 10.1 Å². The number of hydrogen-bond donors (Lipinski definition) is 2. The number of hydrogen-bond acceptors (Lipinski definition) is 10. The number of phenols is 1. The Morgan fingerprint density at radius 1 is 1.36 bits per heavy atom. The molecule has 0 saturated heterocycles. The number of methoxy groups -OCH3 is 1. The molecular weight excluding hydrogens is 434 g/mol. The molecule has 0 aliphatic heterocycles. The molecule has 0 saturated carbocycles. The number of ether oxygens (including phenoxy) is 1. The van der Waals surface area contributed by atoms with Crippen LogP contribution in [0.4, 0.5) is 11.6 Å². The van der Waals surface area contributed by atoms with Gasteiger partial charge in [0.1, 0.15) is 17.5 Å². The number of rotatable bonds is 6. The first kappa shape index (κ1) is 22.8. The van der Waals surface area contributed by atoms with Crippen LogP contribution in [0.25, 0.3) is 17.1 Å². The molecule has 0 aliphatic carbocycles. The summed E-state index contributed by atoms with van der Waals surface area (Å²) in [5, 5.41) is 45.2. The van der Waals surface area contributed by atoms with Crippen molar-refractivity contribution in [2.75, 3.05) is 19.1 Å². The summed E-state index contributed by atoms with van der Waals surface area (Å²) in [5.74, 6) is -2.89. The molecule has 0 bridgehead atoms. The third-order valence-corrected chi connectivity index (χ3v) is 4.72. The minimum Gasteiger partial charge on any atom is -0.506 e. The molecule has 2 N–H and O–H groups in total. The Labute approximate surface area is 186 Å². The van der Waals surface area contributed by atoms with Crippen molar-refractivity contribution in [3.8, 4) is 29.0 Å². The highest BCUT2D eigenvalue weighted by Gasteiger charge is 2.29. The first-order valence-corrected chi connectivity index (χ1v) is 9.26. The van der Waals surface area contributed by atoms with Gasteiger partial charge in [0.2, 0.25) is 11.6 Å². The summed E-state index contributed by atoms with van der Waals surface area (Å²) in [6, 6.07) is 8.66. The molecule has 2 aromatic heterocycles. The number of pyridine rings is 1.